The van der Waals surface area contributed by atoms with Crippen LogP contribution in [0.1, 0.15) is 50.0 Å². The van der Waals surface area contributed by atoms with Gasteiger partial charge in [0.05, 0.1) is 11.8 Å². The van der Waals surface area contributed by atoms with Crippen molar-refractivity contribution in [1.29, 1.82) is 0 Å². The molecule has 0 saturated carbocycles. The van der Waals surface area contributed by atoms with Crippen LogP contribution in [0.3, 0.4) is 0 Å². The van der Waals surface area contributed by atoms with Gasteiger partial charge in [0, 0.05) is 38.2 Å². The topological polar surface area (TPSA) is 56.2 Å². The lowest BCUT2D eigenvalue weighted by Gasteiger charge is -2.26. The maximum atomic E-state index is 12.1. The second kappa shape index (κ2) is 6.60. The zero-order chi connectivity index (χ0) is 14.7. The van der Waals surface area contributed by atoms with Crippen molar-refractivity contribution in [2.24, 2.45) is 0 Å². The molecule has 2 aliphatic heterocycles. The lowest BCUT2D eigenvalue weighted by Crippen LogP contribution is -2.41. The number of rotatable bonds is 4. The number of hydrogen-bond donors (Lipinski definition) is 1. The highest BCUT2D eigenvalue weighted by atomic mass is 16.5. The molecule has 1 fully saturated rings. The van der Waals surface area contributed by atoms with E-state index in [4.69, 9.17) is 4.74 Å². The molecule has 3 rings (SSSR count). The molecule has 1 N–H and O–H groups in total. The van der Waals surface area contributed by atoms with Crippen molar-refractivity contribution in [3.63, 3.8) is 0 Å². The molecular formula is C16H25N3O2. The molecule has 1 amide bonds. The Morgan fingerprint density at radius 1 is 1.48 bits per heavy atom. The SMILES string of the molecule is Cc1cn2c(n1)CC[C@H](NC(=O)CC[C@@H]1CCCCO1)C2. The summed E-state index contributed by atoms with van der Waals surface area (Å²) in [6, 6.07) is 0.242. The van der Waals surface area contributed by atoms with Gasteiger partial charge in [0.2, 0.25) is 5.91 Å². The molecule has 0 radical (unpaired) electrons. The Bertz CT molecular complexity index is 492. The smallest absolute Gasteiger partial charge is 0.220 e. The predicted octanol–water partition coefficient (Wildman–Crippen LogP) is 1.97. The Hall–Kier alpha value is -1.36. The second-order valence-corrected chi connectivity index (χ2v) is 6.28. The van der Waals surface area contributed by atoms with Crippen molar-refractivity contribution >= 4 is 5.91 Å². The van der Waals surface area contributed by atoms with E-state index in [9.17, 15) is 4.79 Å². The number of hydrogen-bond acceptors (Lipinski definition) is 3. The molecule has 5 nitrogen and oxygen atoms in total. The number of nitrogens with zero attached hydrogens (tertiary/aromatic N) is 2. The zero-order valence-electron chi connectivity index (χ0n) is 12.8. The molecule has 0 bridgehead atoms. The minimum atomic E-state index is 0.162. The van der Waals surface area contributed by atoms with Gasteiger partial charge in [-0.05, 0) is 39.0 Å². The van der Waals surface area contributed by atoms with Gasteiger partial charge in [-0.2, -0.15) is 0 Å². The minimum Gasteiger partial charge on any atom is -0.378 e. The average molecular weight is 291 g/mol. The summed E-state index contributed by atoms with van der Waals surface area (Å²) in [4.78, 5) is 16.6. The van der Waals surface area contributed by atoms with Crippen LogP contribution in [-0.2, 0) is 22.5 Å². The number of nitrogens with one attached hydrogen (secondary N) is 1. The molecule has 21 heavy (non-hydrogen) atoms. The third kappa shape index (κ3) is 3.84. The fraction of sp³-hybridized carbons (Fsp3) is 0.750. The van der Waals surface area contributed by atoms with Crippen LogP contribution < -0.4 is 5.32 Å². The number of imidazole rings is 1. The standard InChI is InChI=1S/C16H25N3O2/c1-12-10-19-11-13(5-7-15(19)17-12)18-16(20)8-6-14-4-2-3-9-21-14/h10,13-14H,2-9,11H2,1H3,(H,18,20)/t13-,14-/m0/s1. The fourth-order valence-corrected chi connectivity index (χ4v) is 3.33. The Kier molecular flexibility index (Phi) is 4.58. The van der Waals surface area contributed by atoms with Crippen molar-refractivity contribution in [2.45, 2.75) is 70.6 Å². The molecule has 1 aromatic rings. The van der Waals surface area contributed by atoms with E-state index in [1.165, 1.54) is 6.42 Å². The summed E-state index contributed by atoms with van der Waals surface area (Å²) in [6.45, 7) is 3.72. The molecule has 1 aromatic heterocycles. The van der Waals surface area contributed by atoms with Crippen LogP contribution in [0.2, 0.25) is 0 Å². The first kappa shape index (κ1) is 14.6. The molecule has 3 heterocycles. The lowest BCUT2D eigenvalue weighted by atomic mass is 10.0. The Morgan fingerprint density at radius 3 is 3.19 bits per heavy atom. The molecule has 2 aliphatic rings. The van der Waals surface area contributed by atoms with Gasteiger partial charge in [-0.3, -0.25) is 4.79 Å². The van der Waals surface area contributed by atoms with Crippen LogP contribution >= 0.6 is 0 Å². The van der Waals surface area contributed by atoms with Gasteiger partial charge in [-0.1, -0.05) is 0 Å². The molecule has 0 unspecified atom stereocenters. The van der Waals surface area contributed by atoms with E-state index in [1.807, 2.05) is 6.92 Å². The maximum absolute atomic E-state index is 12.1. The van der Waals surface area contributed by atoms with Crippen molar-refractivity contribution in [1.82, 2.24) is 14.9 Å². The first-order valence-electron chi connectivity index (χ1n) is 8.14. The van der Waals surface area contributed by atoms with Crippen molar-refractivity contribution in [3.05, 3.63) is 17.7 Å². The number of amides is 1. The van der Waals surface area contributed by atoms with Gasteiger partial charge in [-0.15, -0.1) is 0 Å². The van der Waals surface area contributed by atoms with Gasteiger partial charge >= 0.3 is 0 Å². The first-order chi connectivity index (χ1) is 10.2. The van der Waals surface area contributed by atoms with Crippen LogP contribution in [0.15, 0.2) is 6.20 Å². The number of fused-ring (bicyclic) bond motifs is 1. The van der Waals surface area contributed by atoms with Crippen LogP contribution in [-0.4, -0.2) is 34.2 Å². The number of carbonyl (C=O) groups excluding carboxylic acids is 1. The van der Waals surface area contributed by atoms with Gasteiger partial charge < -0.3 is 14.6 Å². The highest BCUT2D eigenvalue weighted by molar-refractivity contribution is 5.76. The van der Waals surface area contributed by atoms with Crippen LogP contribution in [0.5, 0.6) is 0 Å². The summed E-state index contributed by atoms with van der Waals surface area (Å²) in [5.74, 6) is 1.31. The van der Waals surface area contributed by atoms with Crippen molar-refractivity contribution in [2.75, 3.05) is 6.61 Å². The van der Waals surface area contributed by atoms with Crippen LogP contribution in [0, 0.1) is 6.92 Å². The van der Waals surface area contributed by atoms with Gasteiger partial charge in [0.25, 0.3) is 0 Å². The number of carbonyl (C=O) groups is 1. The third-order valence-electron chi connectivity index (χ3n) is 4.45. The van der Waals surface area contributed by atoms with E-state index >= 15 is 0 Å². The number of ether oxygens (including phenoxy) is 1. The van der Waals surface area contributed by atoms with Crippen LogP contribution in [0.25, 0.3) is 0 Å². The summed E-state index contributed by atoms with van der Waals surface area (Å²) in [5, 5.41) is 3.17. The molecule has 0 aromatic carbocycles. The average Bonchev–Trinajstić information content (AvgIpc) is 2.85. The summed E-state index contributed by atoms with van der Waals surface area (Å²) < 4.78 is 7.85. The molecule has 0 spiro atoms. The largest absolute Gasteiger partial charge is 0.378 e. The minimum absolute atomic E-state index is 0.162. The van der Waals surface area contributed by atoms with E-state index in [1.54, 1.807) is 0 Å². The fourth-order valence-electron chi connectivity index (χ4n) is 3.33. The third-order valence-corrected chi connectivity index (χ3v) is 4.45. The van der Waals surface area contributed by atoms with Crippen LogP contribution in [0.4, 0.5) is 0 Å². The highest BCUT2D eigenvalue weighted by Crippen LogP contribution is 2.18. The van der Waals surface area contributed by atoms with E-state index in [0.717, 1.165) is 56.8 Å². The van der Waals surface area contributed by atoms with Gasteiger partial charge in [-0.25, -0.2) is 4.98 Å². The van der Waals surface area contributed by atoms with E-state index in [-0.39, 0.29) is 11.9 Å². The van der Waals surface area contributed by atoms with E-state index in [2.05, 4.69) is 21.1 Å². The molecule has 0 aliphatic carbocycles. The van der Waals surface area contributed by atoms with Gasteiger partial charge in [0.15, 0.2) is 0 Å². The molecule has 2 atom stereocenters. The lowest BCUT2D eigenvalue weighted by molar-refractivity contribution is -0.123. The Balaban J connectivity index is 1.43. The quantitative estimate of drug-likeness (QED) is 0.923. The second-order valence-electron chi connectivity index (χ2n) is 6.28. The highest BCUT2D eigenvalue weighted by Gasteiger charge is 2.22. The normalized spacial score (nSPS) is 25.4. The Labute approximate surface area is 126 Å². The number of aromatic nitrogens is 2. The summed E-state index contributed by atoms with van der Waals surface area (Å²) in [7, 11) is 0. The maximum Gasteiger partial charge on any atom is 0.220 e. The Morgan fingerprint density at radius 2 is 2.38 bits per heavy atom. The van der Waals surface area contributed by atoms with Crippen molar-refractivity contribution < 1.29 is 9.53 Å². The summed E-state index contributed by atoms with van der Waals surface area (Å²) in [6.07, 6.45) is 9.24. The monoisotopic (exact) mass is 291 g/mol. The van der Waals surface area contributed by atoms with Crippen molar-refractivity contribution in [3.8, 4) is 0 Å². The number of aryl methyl sites for hydroxylation is 2. The van der Waals surface area contributed by atoms with E-state index in [0.29, 0.717) is 12.5 Å². The summed E-state index contributed by atoms with van der Waals surface area (Å²) in [5.41, 5.74) is 1.06. The zero-order valence-corrected chi connectivity index (χ0v) is 12.8. The summed E-state index contributed by atoms with van der Waals surface area (Å²) >= 11 is 0. The van der Waals surface area contributed by atoms with E-state index < -0.39 is 0 Å². The molecule has 116 valence electrons. The molecular weight excluding hydrogens is 266 g/mol. The first-order valence-corrected chi connectivity index (χ1v) is 8.14. The molecule has 5 heteroatoms. The van der Waals surface area contributed by atoms with Gasteiger partial charge in [0.1, 0.15) is 5.82 Å². The predicted molar refractivity (Wildman–Crippen MR) is 80.0 cm³/mol. The molecule has 1 saturated heterocycles.